The Kier molecular flexibility index (Phi) is 5.04. The highest BCUT2D eigenvalue weighted by molar-refractivity contribution is 6.38. The number of nitrogens with zero attached hydrogens (tertiary/aromatic N) is 4. The number of primary amides is 1. The number of furan rings is 1. The van der Waals surface area contributed by atoms with Crippen LogP contribution >= 0.6 is 0 Å². The van der Waals surface area contributed by atoms with Gasteiger partial charge in [-0.15, -0.1) is 0 Å². The second-order valence-electron chi connectivity index (χ2n) is 6.41. The molecule has 3 aromatic heterocycles. The van der Waals surface area contributed by atoms with Crippen LogP contribution in [0.25, 0.3) is 16.8 Å². The fourth-order valence-electron chi connectivity index (χ4n) is 3.09. The Hall–Kier alpha value is -4.34. The number of nitrogens with one attached hydrogen (secondary N) is 1. The molecular formula is C20H16N6O4. The van der Waals surface area contributed by atoms with Crippen LogP contribution < -0.4 is 11.1 Å². The highest BCUT2D eigenvalue weighted by Gasteiger charge is 2.28. The Balaban J connectivity index is 1.62. The summed E-state index contributed by atoms with van der Waals surface area (Å²) in [6.07, 6.45) is 5.78. The molecule has 0 aliphatic heterocycles. The molecule has 0 spiro atoms. The van der Waals surface area contributed by atoms with E-state index in [9.17, 15) is 14.4 Å². The van der Waals surface area contributed by atoms with Crippen molar-refractivity contribution >= 4 is 28.6 Å². The lowest BCUT2D eigenvalue weighted by Crippen LogP contribution is -2.47. The number of fused-ring (bicyclic) bond motifs is 1. The predicted molar refractivity (Wildman–Crippen MR) is 105 cm³/mol. The molecule has 0 radical (unpaired) electrons. The molecule has 4 rings (SSSR count). The van der Waals surface area contributed by atoms with Crippen molar-refractivity contribution in [2.75, 3.05) is 0 Å². The molecule has 10 heteroatoms. The number of hydrogen-bond donors (Lipinski definition) is 2. The second-order valence-corrected chi connectivity index (χ2v) is 6.41. The Bertz CT molecular complexity index is 1230. The van der Waals surface area contributed by atoms with E-state index in [1.54, 1.807) is 12.1 Å². The monoisotopic (exact) mass is 404 g/mol. The smallest absolute Gasteiger partial charge is 0.287 e. The lowest BCUT2D eigenvalue weighted by molar-refractivity contribution is -0.137. The van der Waals surface area contributed by atoms with Crippen molar-refractivity contribution in [1.29, 1.82) is 0 Å². The normalized spacial score (nSPS) is 11.9. The number of ketones is 1. The van der Waals surface area contributed by atoms with Crippen molar-refractivity contribution < 1.29 is 18.8 Å². The zero-order valence-electron chi connectivity index (χ0n) is 15.6. The summed E-state index contributed by atoms with van der Waals surface area (Å²) in [5, 5.41) is 7.44. The third-order valence-corrected chi connectivity index (χ3v) is 4.51. The number of amides is 2. The zero-order chi connectivity index (χ0) is 21.1. The topological polar surface area (TPSA) is 146 Å². The summed E-state index contributed by atoms with van der Waals surface area (Å²) >= 11 is 0. The number of carbonyl (C=O) groups is 3. The van der Waals surface area contributed by atoms with Crippen LogP contribution in [-0.2, 0) is 16.0 Å². The van der Waals surface area contributed by atoms with Crippen molar-refractivity contribution in [3.63, 3.8) is 0 Å². The van der Waals surface area contributed by atoms with Crippen LogP contribution in [0.3, 0.4) is 0 Å². The van der Waals surface area contributed by atoms with Gasteiger partial charge in [-0.2, -0.15) is 5.10 Å². The summed E-state index contributed by atoms with van der Waals surface area (Å²) < 4.78 is 6.78. The largest absolute Gasteiger partial charge is 0.464 e. The first-order chi connectivity index (χ1) is 14.5. The van der Waals surface area contributed by atoms with Crippen LogP contribution in [0.1, 0.15) is 16.1 Å². The Morgan fingerprint density at radius 1 is 1.13 bits per heavy atom. The van der Waals surface area contributed by atoms with Gasteiger partial charge in [0.05, 0.1) is 12.5 Å². The zero-order valence-corrected chi connectivity index (χ0v) is 15.6. The van der Waals surface area contributed by atoms with Gasteiger partial charge in [0.1, 0.15) is 23.6 Å². The summed E-state index contributed by atoms with van der Waals surface area (Å²) in [4.78, 5) is 44.7. The average Bonchev–Trinajstić information content (AvgIpc) is 3.41. The van der Waals surface area contributed by atoms with Gasteiger partial charge in [0.25, 0.3) is 11.8 Å². The van der Waals surface area contributed by atoms with Gasteiger partial charge < -0.3 is 15.5 Å². The maximum Gasteiger partial charge on any atom is 0.287 e. The van der Waals surface area contributed by atoms with Crippen molar-refractivity contribution in [3.05, 3.63) is 72.6 Å². The molecule has 0 aliphatic carbocycles. The van der Waals surface area contributed by atoms with Crippen LogP contribution in [0.15, 0.2) is 65.8 Å². The van der Waals surface area contributed by atoms with Crippen molar-refractivity contribution in [2.24, 2.45) is 5.73 Å². The minimum absolute atomic E-state index is 0.0339. The van der Waals surface area contributed by atoms with Gasteiger partial charge in [-0.05, 0) is 12.1 Å². The van der Waals surface area contributed by atoms with Crippen LogP contribution in [-0.4, -0.2) is 43.4 Å². The lowest BCUT2D eigenvalue weighted by Gasteiger charge is -2.16. The molecule has 1 atom stereocenters. The number of rotatable bonds is 7. The molecule has 3 N–H and O–H groups in total. The highest BCUT2D eigenvalue weighted by atomic mass is 16.3. The molecule has 0 saturated heterocycles. The first-order valence-corrected chi connectivity index (χ1v) is 8.94. The Morgan fingerprint density at radius 3 is 2.73 bits per heavy atom. The van der Waals surface area contributed by atoms with E-state index < -0.39 is 23.6 Å². The van der Waals surface area contributed by atoms with E-state index in [4.69, 9.17) is 10.2 Å². The van der Waals surface area contributed by atoms with Crippen LogP contribution in [0.4, 0.5) is 0 Å². The first-order valence-electron chi connectivity index (χ1n) is 8.94. The SMILES string of the molecule is NC(=O)C(=O)C(Cc1coc2ccccc12)NC(=O)c1ccnn1-c1ccncn1. The summed E-state index contributed by atoms with van der Waals surface area (Å²) in [5.74, 6) is -2.29. The quantitative estimate of drug-likeness (QED) is 0.433. The molecule has 10 nitrogen and oxygen atoms in total. The van der Waals surface area contributed by atoms with E-state index in [1.807, 2.05) is 18.2 Å². The Labute approximate surface area is 169 Å². The molecule has 3 heterocycles. The summed E-state index contributed by atoms with van der Waals surface area (Å²) in [6.45, 7) is 0. The molecule has 30 heavy (non-hydrogen) atoms. The minimum Gasteiger partial charge on any atom is -0.464 e. The maximum absolute atomic E-state index is 12.9. The van der Waals surface area contributed by atoms with Gasteiger partial charge in [0.2, 0.25) is 5.78 Å². The standard InChI is InChI=1S/C20H16N6O4/c21-19(28)18(27)14(9-12-10-30-16-4-2-1-3-13(12)16)25-20(29)15-5-8-24-26(15)17-6-7-22-11-23-17/h1-8,10-11,14H,9H2,(H2,21,28)(H,25,29). The third-order valence-electron chi connectivity index (χ3n) is 4.51. The van der Waals surface area contributed by atoms with Crippen LogP contribution in [0.5, 0.6) is 0 Å². The number of benzene rings is 1. The van der Waals surface area contributed by atoms with Crippen LogP contribution in [0, 0.1) is 0 Å². The van der Waals surface area contributed by atoms with E-state index >= 15 is 0 Å². The van der Waals surface area contributed by atoms with Gasteiger partial charge in [0.15, 0.2) is 5.82 Å². The second kappa shape index (κ2) is 7.95. The average molecular weight is 404 g/mol. The highest BCUT2D eigenvalue weighted by Crippen LogP contribution is 2.22. The molecule has 2 amide bonds. The van der Waals surface area contributed by atoms with Gasteiger partial charge in [-0.25, -0.2) is 14.6 Å². The van der Waals surface area contributed by atoms with Gasteiger partial charge in [0, 0.05) is 29.6 Å². The van der Waals surface area contributed by atoms with E-state index in [2.05, 4.69) is 20.4 Å². The van der Waals surface area contributed by atoms with Crippen molar-refractivity contribution in [2.45, 2.75) is 12.5 Å². The van der Waals surface area contributed by atoms with E-state index in [1.165, 1.54) is 35.7 Å². The molecular weight excluding hydrogens is 388 g/mol. The maximum atomic E-state index is 12.9. The Morgan fingerprint density at radius 2 is 1.97 bits per heavy atom. The number of nitrogens with two attached hydrogens (primary N) is 1. The molecule has 0 saturated carbocycles. The van der Waals surface area contributed by atoms with Gasteiger partial charge in [-0.1, -0.05) is 18.2 Å². The number of para-hydroxylation sites is 1. The summed E-state index contributed by atoms with van der Waals surface area (Å²) in [7, 11) is 0. The number of carbonyl (C=O) groups excluding carboxylic acids is 3. The first kappa shape index (κ1) is 19.0. The third kappa shape index (κ3) is 3.65. The molecule has 0 fully saturated rings. The molecule has 1 aromatic carbocycles. The van der Waals surface area contributed by atoms with E-state index in [0.717, 1.165) is 5.39 Å². The number of Topliss-reactive ketones (excluding diaryl/α,β-unsaturated/α-hetero) is 1. The minimum atomic E-state index is -1.18. The molecule has 1 unspecified atom stereocenters. The van der Waals surface area contributed by atoms with Crippen molar-refractivity contribution in [3.8, 4) is 5.82 Å². The molecule has 150 valence electrons. The predicted octanol–water partition coefficient (Wildman–Crippen LogP) is 0.804. The molecule has 0 aliphatic rings. The fourth-order valence-corrected chi connectivity index (χ4v) is 3.09. The number of aromatic nitrogens is 4. The van der Waals surface area contributed by atoms with E-state index in [0.29, 0.717) is 17.0 Å². The van der Waals surface area contributed by atoms with Crippen LogP contribution in [0.2, 0.25) is 0 Å². The summed E-state index contributed by atoms with van der Waals surface area (Å²) in [6, 6.07) is 9.12. The van der Waals surface area contributed by atoms with Gasteiger partial charge in [-0.3, -0.25) is 14.4 Å². The lowest BCUT2D eigenvalue weighted by atomic mass is 10.0. The molecule has 4 aromatic rings. The van der Waals surface area contributed by atoms with Gasteiger partial charge >= 0.3 is 0 Å². The van der Waals surface area contributed by atoms with Crippen molar-refractivity contribution in [1.82, 2.24) is 25.1 Å². The van der Waals surface area contributed by atoms with E-state index in [-0.39, 0.29) is 12.1 Å². The fraction of sp³-hybridized carbons (Fsp3) is 0.100. The molecule has 0 bridgehead atoms. The summed E-state index contributed by atoms with van der Waals surface area (Å²) in [5.41, 5.74) is 6.62. The number of hydrogen-bond acceptors (Lipinski definition) is 7.